The van der Waals surface area contributed by atoms with Crippen LogP contribution < -0.4 is 10.6 Å². The number of rotatable bonds is 4. The highest BCUT2D eigenvalue weighted by Gasteiger charge is 2.33. The van der Waals surface area contributed by atoms with E-state index >= 15 is 0 Å². The Morgan fingerprint density at radius 3 is 2.96 bits per heavy atom. The summed E-state index contributed by atoms with van der Waals surface area (Å²) in [5.41, 5.74) is 1.15. The minimum atomic E-state index is -0.0995. The van der Waals surface area contributed by atoms with E-state index in [9.17, 15) is 4.79 Å². The van der Waals surface area contributed by atoms with Crippen LogP contribution in [0.25, 0.3) is 11.0 Å². The van der Waals surface area contributed by atoms with Gasteiger partial charge in [-0.05, 0) is 38.1 Å². The predicted octanol–water partition coefficient (Wildman–Crippen LogP) is 2.23. The lowest BCUT2D eigenvalue weighted by molar-refractivity contribution is 0.0904. The van der Waals surface area contributed by atoms with Crippen LogP contribution in [0, 0.1) is 5.92 Å². The highest BCUT2D eigenvalue weighted by atomic mass is 16.3. The van der Waals surface area contributed by atoms with Crippen LogP contribution in [-0.2, 0) is 0 Å². The lowest BCUT2D eigenvalue weighted by Crippen LogP contribution is -2.47. The fraction of sp³-hybridized carbons (Fsp3) is 0.556. The molecule has 1 amide bonds. The topological polar surface area (TPSA) is 70.4 Å². The minimum absolute atomic E-state index is 0.0995. The third-order valence-electron chi connectivity index (χ3n) is 5.36. The van der Waals surface area contributed by atoms with Crippen LogP contribution in [0.5, 0.6) is 0 Å². The van der Waals surface area contributed by atoms with Gasteiger partial charge >= 0.3 is 0 Å². The van der Waals surface area contributed by atoms with Crippen molar-refractivity contribution >= 4 is 22.8 Å². The Morgan fingerprint density at radius 1 is 1.21 bits per heavy atom. The summed E-state index contributed by atoms with van der Waals surface area (Å²) in [5, 5.41) is 7.41. The van der Waals surface area contributed by atoms with E-state index in [0.717, 1.165) is 30.2 Å². The molecule has 2 bridgehead atoms. The monoisotopic (exact) mass is 326 g/mol. The van der Waals surface area contributed by atoms with Crippen LogP contribution in [0.1, 0.15) is 36.2 Å². The van der Waals surface area contributed by atoms with E-state index in [2.05, 4.69) is 20.5 Å². The standard InChI is InChI=1S/C18H22N4O2/c23-18(21-14-5-11-3-4-22(9-11)10-14)15-7-16-12(8-19-15)6-17(24-16)20-13-1-2-13/h6-8,11,13-14,20H,1-5,9-10H2,(H,21,23)/t11-,14-/m1/s1. The number of hydrogen-bond acceptors (Lipinski definition) is 5. The molecule has 3 atom stereocenters. The van der Waals surface area contributed by atoms with Crippen LogP contribution in [0.15, 0.2) is 22.7 Å². The second-order valence-electron chi connectivity index (χ2n) is 7.46. The van der Waals surface area contributed by atoms with Gasteiger partial charge in [-0.15, -0.1) is 0 Å². The molecule has 1 saturated carbocycles. The zero-order valence-corrected chi connectivity index (χ0v) is 13.6. The lowest BCUT2D eigenvalue weighted by atomic mass is 9.97. The molecule has 2 N–H and O–H groups in total. The van der Waals surface area contributed by atoms with Crippen molar-refractivity contribution in [1.82, 2.24) is 15.2 Å². The summed E-state index contributed by atoms with van der Waals surface area (Å²) in [6.45, 7) is 3.32. The quantitative estimate of drug-likeness (QED) is 0.901. The van der Waals surface area contributed by atoms with E-state index in [0.29, 0.717) is 17.3 Å². The SMILES string of the molecule is O=C(N[C@@H]1C[C@H]2CCN(C2)C1)c1cc2oc(NC3CC3)cc2cn1. The maximum atomic E-state index is 12.5. The molecule has 2 saturated heterocycles. The molecule has 0 spiro atoms. The third kappa shape index (κ3) is 2.75. The fourth-order valence-corrected chi connectivity index (χ4v) is 3.98. The molecule has 0 aromatic carbocycles. The second kappa shape index (κ2) is 5.48. The maximum absolute atomic E-state index is 12.5. The number of amides is 1. The molecule has 2 aromatic heterocycles. The molecule has 4 heterocycles. The van der Waals surface area contributed by atoms with Gasteiger partial charge in [0.05, 0.1) is 0 Å². The van der Waals surface area contributed by atoms with Crippen molar-refractivity contribution in [1.29, 1.82) is 0 Å². The van der Waals surface area contributed by atoms with Crippen LogP contribution in [-0.4, -0.2) is 47.5 Å². The first kappa shape index (κ1) is 14.3. The summed E-state index contributed by atoms with van der Waals surface area (Å²) in [6, 6.07) is 4.48. The summed E-state index contributed by atoms with van der Waals surface area (Å²) in [7, 11) is 0. The number of furan rings is 1. The molecule has 126 valence electrons. The van der Waals surface area contributed by atoms with Crippen LogP contribution in [0.3, 0.4) is 0 Å². The summed E-state index contributed by atoms with van der Waals surface area (Å²) in [4.78, 5) is 19.3. The zero-order chi connectivity index (χ0) is 16.1. The lowest BCUT2D eigenvalue weighted by Gasteiger charge is -2.30. The Morgan fingerprint density at radius 2 is 2.12 bits per heavy atom. The number of piperidine rings is 1. The average Bonchev–Trinajstić information content (AvgIpc) is 3.18. The normalized spacial score (nSPS) is 28.9. The van der Waals surface area contributed by atoms with Crippen molar-refractivity contribution < 1.29 is 9.21 Å². The minimum Gasteiger partial charge on any atom is -0.441 e. The second-order valence-corrected chi connectivity index (χ2v) is 7.46. The summed E-state index contributed by atoms with van der Waals surface area (Å²) < 4.78 is 5.80. The number of carbonyl (C=O) groups excluding carboxylic acids is 1. The molecule has 6 heteroatoms. The van der Waals surface area contributed by atoms with Crippen molar-refractivity contribution in [3.63, 3.8) is 0 Å². The molecule has 2 aliphatic heterocycles. The Bertz CT molecular complexity index is 770. The number of carbonyl (C=O) groups is 1. The molecule has 6 nitrogen and oxygen atoms in total. The molecule has 2 aromatic rings. The first-order chi connectivity index (χ1) is 11.7. The van der Waals surface area contributed by atoms with Gasteiger partial charge in [-0.3, -0.25) is 9.78 Å². The number of anilines is 1. The first-order valence-electron chi connectivity index (χ1n) is 8.92. The predicted molar refractivity (Wildman–Crippen MR) is 91.1 cm³/mol. The van der Waals surface area contributed by atoms with Gasteiger partial charge in [-0.2, -0.15) is 0 Å². The Labute approximate surface area is 140 Å². The van der Waals surface area contributed by atoms with Gasteiger partial charge in [0, 0.05) is 48.9 Å². The molecule has 3 fully saturated rings. The van der Waals surface area contributed by atoms with Crippen molar-refractivity contribution in [2.24, 2.45) is 5.92 Å². The van der Waals surface area contributed by atoms with E-state index in [1.54, 1.807) is 12.3 Å². The molecular weight excluding hydrogens is 304 g/mol. The van der Waals surface area contributed by atoms with Gasteiger partial charge < -0.3 is 20.0 Å². The summed E-state index contributed by atoms with van der Waals surface area (Å²) in [6.07, 6.45) is 6.46. The van der Waals surface area contributed by atoms with E-state index in [1.165, 1.54) is 32.4 Å². The highest BCUT2D eigenvalue weighted by molar-refractivity contribution is 5.95. The highest BCUT2D eigenvalue weighted by Crippen LogP contribution is 2.29. The van der Waals surface area contributed by atoms with Crippen molar-refractivity contribution in [3.8, 4) is 0 Å². The zero-order valence-electron chi connectivity index (χ0n) is 13.6. The van der Waals surface area contributed by atoms with Crippen LogP contribution in [0.2, 0.25) is 0 Å². The van der Waals surface area contributed by atoms with Crippen molar-refractivity contribution in [2.45, 2.75) is 37.8 Å². The summed E-state index contributed by atoms with van der Waals surface area (Å²) in [5.74, 6) is 1.40. The Balaban J connectivity index is 1.30. The number of fused-ring (bicyclic) bond motifs is 3. The molecule has 3 aliphatic rings. The van der Waals surface area contributed by atoms with Crippen LogP contribution in [0.4, 0.5) is 5.88 Å². The molecule has 1 unspecified atom stereocenters. The number of aromatic nitrogens is 1. The van der Waals surface area contributed by atoms with E-state index in [1.807, 2.05) is 6.07 Å². The van der Waals surface area contributed by atoms with E-state index in [4.69, 9.17) is 4.42 Å². The average molecular weight is 326 g/mol. The Kier molecular flexibility index (Phi) is 3.26. The molecule has 1 aliphatic carbocycles. The first-order valence-corrected chi connectivity index (χ1v) is 8.92. The smallest absolute Gasteiger partial charge is 0.270 e. The van der Waals surface area contributed by atoms with Gasteiger partial charge in [0.15, 0.2) is 5.88 Å². The van der Waals surface area contributed by atoms with E-state index in [-0.39, 0.29) is 11.9 Å². The van der Waals surface area contributed by atoms with Crippen molar-refractivity contribution in [3.05, 3.63) is 24.0 Å². The fourth-order valence-electron chi connectivity index (χ4n) is 3.98. The van der Waals surface area contributed by atoms with Gasteiger partial charge in [-0.1, -0.05) is 0 Å². The molecule has 5 rings (SSSR count). The van der Waals surface area contributed by atoms with E-state index < -0.39 is 0 Å². The van der Waals surface area contributed by atoms with Gasteiger partial charge in [0.1, 0.15) is 11.3 Å². The number of hydrogen-bond donors (Lipinski definition) is 2. The van der Waals surface area contributed by atoms with Gasteiger partial charge in [-0.25, -0.2) is 0 Å². The van der Waals surface area contributed by atoms with Crippen molar-refractivity contribution in [2.75, 3.05) is 25.0 Å². The van der Waals surface area contributed by atoms with Crippen LogP contribution >= 0.6 is 0 Å². The Hall–Kier alpha value is -2.08. The third-order valence-corrected chi connectivity index (χ3v) is 5.36. The largest absolute Gasteiger partial charge is 0.441 e. The summed E-state index contributed by atoms with van der Waals surface area (Å²) >= 11 is 0. The number of pyridine rings is 1. The molecule has 0 radical (unpaired) electrons. The molecular formula is C18H22N4O2. The molecule has 24 heavy (non-hydrogen) atoms. The van der Waals surface area contributed by atoms with Gasteiger partial charge in [0.25, 0.3) is 5.91 Å². The maximum Gasteiger partial charge on any atom is 0.270 e. The number of nitrogens with zero attached hydrogens (tertiary/aromatic N) is 2. The van der Waals surface area contributed by atoms with Gasteiger partial charge in [0.2, 0.25) is 0 Å². The number of nitrogens with one attached hydrogen (secondary N) is 2.